The van der Waals surface area contributed by atoms with Gasteiger partial charge in [-0.2, -0.15) is 13.2 Å². The molecule has 4 aromatic carbocycles. The Morgan fingerprint density at radius 1 is 0.788 bits per heavy atom. The van der Waals surface area contributed by atoms with Gasteiger partial charge in [-0.15, -0.1) is 11.3 Å². The molecule has 12 heteroatoms. The molecule has 0 spiro atoms. The van der Waals surface area contributed by atoms with Crippen molar-refractivity contribution in [3.05, 3.63) is 165 Å². The highest BCUT2D eigenvalue weighted by Gasteiger charge is 2.37. The molecule has 0 aliphatic heterocycles. The summed E-state index contributed by atoms with van der Waals surface area (Å²) in [5, 5.41) is 2.01. The summed E-state index contributed by atoms with van der Waals surface area (Å²) in [5.74, 6) is -3.70. The number of ketones is 1. The van der Waals surface area contributed by atoms with Gasteiger partial charge in [0, 0.05) is 41.8 Å². The van der Waals surface area contributed by atoms with E-state index in [9.17, 15) is 36.3 Å². The van der Waals surface area contributed by atoms with E-state index in [-0.39, 0.29) is 24.2 Å². The minimum atomic E-state index is -4.74. The summed E-state index contributed by atoms with van der Waals surface area (Å²) in [6.45, 7) is 2.30. The lowest BCUT2D eigenvalue weighted by molar-refractivity contribution is -0.173. The molecule has 0 radical (unpaired) electrons. The number of fused-ring (bicyclic) bond motifs is 1. The highest BCUT2D eigenvalue weighted by Crippen LogP contribution is 2.39. The average Bonchev–Trinajstić information content (AvgIpc) is 3.51. The molecule has 0 saturated heterocycles. The summed E-state index contributed by atoms with van der Waals surface area (Å²) in [4.78, 5) is 41.4. The van der Waals surface area contributed by atoms with E-state index in [2.05, 4.69) is 4.90 Å². The minimum absolute atomic E-state index is 0.00164. The predicted octanol–water partition coefficient (Wildman–Crippen LogP) is 8.60. The lowest BCUT2D eigenvalue weighted by Crippen LogP contribution is -2.36. The molecular weight excluding hydrogens is 698 g/mol. The summed E-state index contributed by atoms with van der Waals surface area (Å²) in [6.07, 6.45) is -3.29. The van der Waals surface area contributed by atoms with Gasteiger partial charge in [0.05, 0.1) is 17.5 Å². The molecule has 0 aliphatic carbocycles. The maximum absolute atomic E-state index is 14.9. The Bertz CT molecular complexity index is 2200. The molecule has 0 atom stereocenters. The lowest BCUT2D eigenvalue weighted by Gasteiger charge is -2.18. The second-order valence-electron chi connectivity index (χ2n) is 11.9. The Balaban J connectivity index is 0.000000515. The van der Waals surface area contributed by atoms with Crippen LogP contribution < -0.4 is 10.7 Å². The van der Waals surface area contributed by atoms with Crippen LogP contribution in [0.4, 0.5) is 22.0 Å². The smallest absolute Gasteiger partial charge is 0.349 e. The largest absolute Gasteiger partial charge is 0.471 e. The van der Waals surface area contributed by atoms with Crippen molar-refractivity contribution in [3.63, 3.8) is 0 Å². The number of aromatic nitrogens is 1. The van der Waals surface area contributed by atoms with Crippen LogP contribution in [0.5, 0.6) is 0 Å². The standard InChI is InChI=1S/C36H28F2N2O2S.C4H6F3NO/c1-39(20-24-12-5-2-6-13-24)21-28-32-34(42)29(33(41)25-14-7-3-8-15-25)23-40(22-27-30(37)18-11-19-31(27)38)36(32)43-35(28)26-16-9-4-10-17-26;1-2-8-3(9)4(5,6)7/h2-19,23H,20-22H2,1H3;2H2,1H3,(H,8,9). The molecule has 2 aromatic heterocycles. The Morgan fingerprint density at radius 2 is 1.37 bits per heavy atom. The first-order valence-electron chi connectivity index (χ1n) is 16.2. The van der Waals surface area contributed by atoms with Crippen LogP contribution >= 0.6 is 11.3 Å². The maximum Gasteiger partial charge on any atom is 0.471 e. The summed E-state index contributed by atoms with van der Waals surface area (Å²) in [5.41, 5.74) is 2.62. The van der Waals surface area contributed by atoms with Gasteiger partial charge in [-0.1, -0.05) is 97.1 Å². The Hall–Kier alpha value is -5.46. The van der Waals surface area contributed by atoms with Gasteiger partial charge >= 0.3 is 12.1 Å². The molecule has 0 saturated carbocycles. The first kappa shape index (κ1) is 37.8. The molecule has 0 aliphatic rings. The van der Waals surface area contributed by atoms with E-state index in [4.69, 9.17) is 0 Å². The van der Waals surface area contributed by atoms with Crippen molar-refractivity contribution in [3.8, 4) is 10.4 Å². The van der Waals surface area contributed by atoms with Crippen LogP contribution in [0.3, 0.4) is 0 Å². The predicted molar refractivity (Wildman–Crippen MR) is 193 cm³/mol. The summed E-state index contributed by atoms with van der Waals surface area (Å²) in [6, 6.07) is 32.1. The maximum atomic E-state index is 14.9. The second-order valence-corrected chi connectivity index (χ2v) is 12.9. The molecule has 0 unspecified atom stereocenters. The van der Waals surface area contributed by atoms with Crippen LogP contribution in [-0.2, 0) is 24.4 Å². The van der Waals surface area contributed by atoms with Crippen LogP contribution in [-0.4, -0.2) is 40.9 Å². The van der Waals surface area contributed by atoms with Gasteiger partial charge < -0.3 is 9.88 Å². The lowest BCUT2D eigenvalue weighted by atomic mass is 10.0. The van der Waals surface area contributed by atoms with Crippen LogP contribution in [0.1, 0.15) is 39.5 Å². The number of benzene rings is 4. The fourth-order valence-electron chi connectivity index (χ4n) is 5.63. The number of halogens is 5. The number of alkyl halides is 3. The van der Waals surface area contributed by atoms with Gasteiger partial charge in [-0.3, -0.25) is 19.3 Å². The van der Waals surface area contributed by atoms with E-state index < -0.39 is 34.9 Å². The molecule has 6 nitrogen and oxygen atoms in total. The molecule has 6 aromatic rings. The van der Waals surface area contributed by atoms with Gasteiger partial charge in [0.2, 0.25) is 5.43 Å². The molecule has 268 valence electrons. The van der Waals surface area contributed by atoms with Gasteiger partial charge in [0.15, 0.2) is 5.78 Å². The van der Waals surface area contributed by atoms with E-state index in [1.807, 2.05) is 67.7 Å². The van der Waals surface area contributed by atoms with Crippen LogP contribution in [0, 0.1) is 11.6 Å². The second kappa shape index (κ2) is 16.7. The van der Waals surface area contributed by atoms with E-state index in [0.717, 1.165) is 21.6 Å². The average molecular weight is 732 g/mol. The number of carbonyl (C=O) groups excluding carboxylic acids is 2. The van der Waals surface area contributed by atoms with E-state index >= 15 is 0 Å². The number of hydrogen-bond acceptors (Lipinski definition) is 5. The van der Waals surface area contributed by atoms with Crippen molar-refractivity contribution >= 4 is 33.2 Å². The van der Waals surface area contributed by atoms with Crippen molar-refractivity contribution in [2.24, 2.45) is 0 Å². The monoisotopic (exact) mass is 731 g/mol. The third-order valence-electron chi connectivity index (χ3n) is 8.03. The molecule has 6 rings (SSSR count). The zero-order valence-electron chi connectivity index (χ0n) is 28.2. The molecule has 1 amide bonds. The summed E-state index contributed by atoms with van der Waals surface area (Å²) < 4.78 is 65.1. The third-order valence-corrected chi connectivity index (χ3v) is 9.35. The first-order valence-corrected chi connectivity index (χ1v) is 17.0. The number of nitrogens with zero attached hydrogens (tertiary/aromatic N) is 2. The molecule has 0 fully saturated rings. The Labute approximate surface area is 300 Å². The zero-order valence-corrected chi connectivity index (χ0v) is 29.0. The zero-order chi connectivity index (χ0) is 37.4. The number of pyridine rings is 1. The molecule has 0 bridgehead atoms. The van der Waals surface area contributed by atoms with Gasteiger partial charge in [0.25, 0.3) is 0 Å². The highest BCUT2D eigenvalue weighted by molar-refractivity contribution is 7.22. The number of thiophene rings is 1. The Kier molecular flexibility index (Phi) is 12.1. The third kappa shape index (κ3) is 8.87. The minimum Gasteiger partial charge on any atom is -0.349 e. The topological polar surface area (TPSA) is 71.4 Å². The van der Waals surface area contributed by atoms with Gasteiger partial charge in [-0.05, 0) is 42.8 Å². The molecule has 1 N–H and O–H groups in total. The SMILES string of the molecule is CCNC(=O)C(F)(F)F.CN(Cc1ccccc1)Cc1c(-c2ccccc2)sc2c1c(=O)c(C(=O)c1ccccc1)cn2Cc1c(F)cccc1F. The normalized spacial score (nSPS) is 11.3. The van der Waals surface area contributed by atoms with Crippen molar-refractivity contribution in [1.29, 1.82) is 0 Å². The number of hydrogen-bond donors (Lipinski definition) is 1. The summed E-state index contributed by atoms with van der Waals surface area (Å²) >= 11 is 1.39. The van der Waals surface area contributed by atoms with Gasteiger partial charge in [-0.25, -0.2) is 8.78 Å². The Morgan fingerprint density at radius 3 is 1.92 bits per heavy atom. The van der Waals surface area contributed by atoms with E-state index in [1.54, 1.807) is 40.2 Å². The van der Waals surface area contributed by atoms with E-state index in [1.165, 1.54) is 42.7 Å². The van der Waals surface area contributed by atoms with Crippen LogP contribution in [0.15, 0.2) is 120 Å². The molecular formula is C40H34F5N3O3S. The fraction of sp³-hybridized carbons (Fsp3) is 0.175. The van der Waals surface area contributed by atoms with Crippen LogP contribution in [0.25, 0.3) is 20.7 Å². The highest BCUT2D eigenvalue weighted by atomic mass is 32.1. The fourth-order valence-corrected chi connectivity index (χ4v) is 6.92. The van der Waals surface area contributed by atoms with Crippen molar-refractivity contribution in [1.82, 2.24) is 14.8 Å². The summed E-state index contributed by atoms with van der Waals surface area (Å²) in [7, 11) is 1.98. The number of amides is 1. The quantitative estimate of drug-likeness (QED) is 0.113. The van der Waals surface area contributed by atoms with Gasteiger partial charge in [0.1, 0.15) is 16.5 Å². The van der Waals surface area contributed by atoms with E-state index in [0.29, 0.717) is 28.9 Å². The number of rotatable bonds is 10. The number of carbonyl (C=O) groups is 2. The first-order chi connectivity index (χ1) is 24.9. The van der Waals surface area contributed by atoms with Crippen molar-refractivity contribution in [2.45, 2.75) is 32.7 Å². The molecule has 2 heterocycles. The number of nitrogens with one attached hydrogen (secondary N) is 1. The van der Waals surface area contributed by atoms with Crippen molar-refractivity contribution in [2.75, 3.05) is 13.6 Å². The molecule has 52 heavy (non-hydrogen) atoms. The van der Waals surface area contributed by atoms with Crippen molar-refractivity contribution < 1.29 is 31.5 Å². The van der Waals surface area contributed by atoms with Crippen LogP contribution in [0.2, 0.25) is 0 Å².